The van der Waals surface area contributed by atoms with Crippen LogP contribution < -0.4 is 5.73 Å². The van der Waals surface area contributed by atoms with E-state index in [0.717, 1.165) is 16.5 Å². The lowest BCUT2D eigenvalue weighted by molar-refractivity contribution is 1.39. The number of aromatic nitrogens is 1. The zero-order valence-electron chi connectivity index (χ0n) is 7.21. The minimum atomic E-state index is 0.440. The molecule has 2 aromatic rings. The Bertz CT molecular complexity index is 460. The monoisotopic (exact) mass is 192 g/mol. The van der Waals surface area contributed by atoms with Crippen molar-refractivity contribution in [2.75, 3.05) is 5.73 Å². The number of hydrogen-bond donors (Lipinski definition) is 1. The quantitative estimate of drug-likeness (QED) is 0.652. The first-order valence-electron chi connectivity index (χ1n) is 3.99. The summed E-state index contributed by atoms with van der Waals surface area (Å²) in [6.07, 6.45) is 0. The summed E-state index contributed by atoms with van der Waals surface area (Å²) in [5.74, 6) is 0. The van der Waals surface area contributed by atoms with Gasteiger partial charge >= 0.3 is 0 Å². The van der Waals surface area contributed by atoms with Crippen molar-refractivity contribution in [2.45, 2.75) is 6.92 Å². The van der Waals surface area contributed by atoms with Gasteiger partial charge in [-0.05, 0) is 24.6 Å². The van der Waals surface area contributed by atoms with Crippen LogP contribution in [0.4, 0.5) is 5.69 Å². The lowest BCUT2D eigenvalue weighted by atomic mass is 10.1. The summed E-state index contributed by atoms with van der Waals surface area (Å²) in [4.78, 5) is 4.18. The van der Waals surface area contributed by atoms with Gasteiger partial charge in [0.2, 0.25) is 0 Å². The fraction of sp³-hybridized carbons (Fsp3) is 0.100. The highest BCUT2D eigenvalue weighted by Gasteiger charge is 2.01. The van der Waals surface area contributed by atoms with E-state index in [1.807, 2.05) is 25.1 Å². The molecule has 3 heteroatoms. The van der Waals surface area contributed by atoms with Gasteiger partial charge in [-0.1, -0.05) is 23.7 Å². The molecule has 0 aliphatic carbocycles. The Morgan fingerprint density at radius 3 is 2.85 bits per heavy atom. The molecule has 0 spiro atoms. The molecule has 0 unspecified atom stereocenters. The Morgan fingerprint density at radius 1 is 1.31 bits per heavy atom. The zero-order valence-corrected chi connectivity index (χ0v) is 7.97. The smallest absolute Gasteiger partial charge is 0.131 e. The predicted octanol–water partition coefficient (Wildman–Crippen LogP) is 2.78. The topological polar surface area (TPSA) is 38.9 Å². The van der Waals surface area contributed by atoms with Crippen molar-refractivity contribution in [3.05, 3.63) is 35.0 Å². The normalized spacial score (nSPS) is 10.6. The van der Waals surface area contributed by atoms with E-state index in [-0.39, 0.29) is 0 Å². The van der Waals surface area contributed by atoms with Crippen LogP contribution >= 0.6 is 11.6 Å². The van der Waals surface area contributed by atoms with Crippen molar-refractivity contribution in [2.24, 2.45) is 0 Å². The molecular weight excluding hydrogens is 184 g/mol. The molecule has 0 saturated heterocycles. The Hall–Kier alpha value is -1.28. The van der Waals surface area contributed by atoms with E-state index in [2.05, 4.69) is 4.98 Å². The molecular formula is C10H9ClN2. The molecule has 13 heavy (non-hydrogen) atoms. The van der Waals surface area contributed by atoms with Crippen LogP contribution in [0.3, 0.4) is 0 Å². The molecule has 0 fully saturated rings. The van der Waals surface area contributed by atoms with E-state index >= 15 is 0 Å². The van der Waals surface area contributed by atoms with Gasteiger partial charge in [0.25, 0.3) is 0 Å². The second-order valence-electron chi connectivity index (χ2n) is 3.05. The van der Waals surface area contributed by atoms with Crippen LogP contribution in [0.2, 0.25) is 5.15 Å². The van der Waals surface area contributed by atoms with Gasteiger partial charge in [-0.3, -0.25) is 0 Å². The molecule has 66 valence electrons. The number of benzene rings is 1. The number of anilines is 1. The number of nitrogen functional groups attached to an aromatic ring is 1. The molecule has 0 saturated carbocycles. The maximum atomic E-state index is 5.79. The molecule has 0 atom stereocenters. The van der Waals surface area contributed by atoms with Crippen molar-refractivity contribution in [3.8, 4) is 0 Å². The van der Waals surface area contributed by atoms with E-state index in [0.29, 0.717) is 10.8 Å². The maximum absolute atomic E-state index is 5.79. The van der Waals surface area contributed by atoms with Gasteiger partial charge in [0, 0.05) is 11.1 Å². The molecule has 0 aliphatic rings. The fourth-order valence-electron chi connectivity index (χ4n) is 1.33. The minimum absolute atomic E-state index is 0.440. The third-order valence-electron chi connectivity index (χ3n) is 1.97. The molecule has 0 radical (unpaired) electrons. The summed E-state index contributed by atoms with van der Waals surface area (Å²) in [6, 6.07) is 7.61. The SMILES string of the molecule is Cc1ccc2c(N)cc(Cl)nc2c1. The van der Waals surface area contributed by atoms with Gasteiger partial charge in [-0.2, -0.15) is 0 Å². The molecule has 0 aliphatic heterocycles. The molecule has 1 heterocycles. The van der Waals surface area contributed by atoms with E-state index in [4.69, 9.17) is 17.3 Å². The number of rotatable bonds is 0. The molecule has 1 aromatic heterocycles. The van der Waals surface area contributed by atoms with Gasteiger partial charge in [-0.15, -0.1) is 0 Å². The van der Waals surface area contributed by atoms with Crippen LogP contribution in [-0.2, 0) is 0 Å². The summed E-state index contributed by atoms with van der Waals surface area (Å²) < 4.78 is 0. The summed E-state index contributed by atoms with van der Waals surface area (Å²) in [5, 5.41) is 1.39. The van der Waals surface area contributed by atoms with Crippen molar-refractivity contribution in [3.63, 3.8) is 0 Å². The average Bonchev–Trinajstić information content (AvgIpc) is 2.02. The third kappa shape index (κ3) is 1.45. The van der Waals surface area contributed by atoms with Gasteiger partial charge in [0.1, 0.15) is 5.15 Å². The first kappa shape index (κ1) is 8.32. The van der Waals surface area contributed by atoms with Crippen LogP contribution in [0.25, 0.3) is 10.9 Å². The summed E-state index contributed by atoms with van der Waals surface area (Å²) in [6.45, 7) is 2.01. The number of nitrogens with zero attached hydrogens (tertiary/aromatic N) is 1. The number of hydrogen-bond acceptors (Lipinski definition) is 2. The van der Waals surface area contributed by atoms with Crippen LogP contribution in [0.5, 0.6) is 0 Å². The van der Waals surface area contributed by atoms with Crippen LogP contribution in [-0.4, -0.2) is 4.98 Å². The number of halogens is 1. The van der Waals surface area contributed by atoms with Crippen LogP contribution in [0.1, 0.15) is 5.56 Å². The molecule has 0 amide bonds. The van der Waals surface area contributed by atoms with Gasteiger partial charge in [-0.25, -0.2) is 4.98 Å². The van der Waals surface area contributed by atoms with Gasteiger partial charge < -0.3 is 5.73 Å². The van der Waals surface area contributed by atoms with Crippen molar-refractivity contribution in [1.82, 2.24) is 4.98 Å². The molecule has 0 bridgehead atoms. The van der Waals surface area contributed by atoms with Crippen LogP contribution in [0, 0.1) is 6.92 Å². The van der Waals surface area contributed by atoms with Crippen molar-refractivity contribution < 1.29 is 0 Å². The van der Waals surface area contributed by atoms with E-state index in [1.54, 1.807) is 6.07 Å². The Morgan fingerprint density at radius 2 is 2.08 bits per heavy atom. The molecule has 2 nitrogen and oxygen atoms in total. The molecule has 2 rings (SSSR count). The van der Waals surface area contributed by atoms with E-state index in [1.165, 1.54) is 0 Å². The number of fused-ring (bicyclic) bond motifs is 1. The Labute approximate surface area is 81.3 Å². The van der Waals surface area contributed by atoms with Crippen molar-refractivity contribution in [1.29, 1.82) is 0 Å². The highest BCUT2D eigenvalue weighted by atomic mass is 35.5. The molecule has 2 N–H and O–H groups in total. The average molecular weight is 193 g/mol. The van der Waals surface area contributed by atoms with Gasteiger partial charge in [0.15, 0.2) is 0 Å². The predicted molar refractivity (Wildman–Crippen MR) is 55.9 cm³/mol. The highest BCUT2D eigenvalue weighted by molar-refractivity contribution is 6.30. The first-order valence-corrected chi connectivity index (χ1v) is 4.37. The zero-order chi connectivity index (χ0) is 9.42. The summed E-state index contributed by atoms with van der Waals surface area (Å²) >= 11 is 5.79. The standard InChI is InChI=1S/C10H9ClN2/c1-6-2-3-7-8(12)5-10(11)13-9(7)4-6/h2-5H,1H3,(H2,12,13). The minimum Gasteiger partial charge on any atom is -0.398 e. The highest BCUT2D eigenvalue weighted by Crippen LogP contribution is 2.23. The number of nitrogens with two attached hydrogens (primary N) is 1. The third-order valence-corrected chi connectivity index (χ3v) is 2.16. The maximum Gasteiger partial charge on any atom is 0.131 e. The van der Waals surface area contributed by atoms with E-state index < -0.39 is 0 Å². The lowest BCUT2D eigenvalue weighted by Gasteiger charge is -2.02. The van der Waals surface area contributed by atoms with Crippen LogP contribution in [0.15, 0.2) is 24.3 Å². The Balaban J connectivity index is 2.86. The Kier molecular flexibility index (Phi) is 1.85. The number of pyridine rings is 1. The largest absolute Gasteiger partial charge is 0.398 e. The summed E-state index contributed by atoms with van der Waals surface area (Å²) in [5.41, 5.74) is 8.46. The molecule has 1 aromatic carbocycles. The van der Waals surface area contributed by atoms with Gasteiger partial charge in [0.05, 0.1) is 5.52 Å². The van der Waals surface area contributed by atoms with E-state index in [9.17, 15) is 0 Å². The van der Waals surface area contributed by atoms with Crippen molar-refractivity contribution >= 4 is 28.2 Å². The lowest BCUT2D eigenvalue weighted by Crippen LogP contribution is -1.90. The fourth-order valence-corrected chi connectivity index (χ4v) is 1.54. The summed E-state index contributed by atoms with van der Waals surface area (Å²) in [7, 11) is 0. The first-order chi connectivity index (χ1) is 6.16. The number of aryl methyl sites for hydroxylation is 1. The second-order valence-corrected chi connectivity index (χ2v) is 3.44. The second kappa shape index (κ2) is 2.89.